The van der Waals surface area contributed by atoms with Crippen molar-refractivity contribution in [1.82, 2.24) is 0 Å². The molecule has 0 aromatic heterocycles. The summed E-state index contributed by atoms with van der Waals surface area (Å²) in [5.74, 6) is -0.0833. The third kappa shape index (κ3) is 2.84. The molecule has 3 N–H and O–H groups in total. The van der Waals surface area contributed by atoms with E-state index in [1.807, 2.05) is 18.2 Å². The fourth-order valence-corrected chi connectivity index (χ4v) is 3.10. The lowest BCUT2D eigenvalue weighted by Gasteiger charge is -2.16. The molecule has 1 aromatic carbocycles. The van der Waals surface area contributed by atoms with Gasteiger partial charge in [0.2, 0.25) is 5.91 Å². The first-order valence-electron chi connectivity index (χ1n) is 7.66. The van der Waals surface area contributed by atoms with Crippen LogP contribution in [-0.4, -0.2) is 37.1 Å². The molecule has 2 aliphatic heterocycles. The van der Waals surface area contributed by atoms with E-state index >= 15 is 0 Å². The third-order valence-electron chi connectivity index (χ3n) is 4.29. The van der Waals surface area contributed by atoms with Crippen molar-refractivity contribution in [2.24, 2.45) is 5.73 Å². The van der Waals surface area contributed by atoms with Gasteiger partial charge in [-0.1, -0.05) is 0 Å². The van der Waals surface area contributed by atoms with E-state index < -0.39 is 6.10 Å². The normalized spacial score (nSPS) is 23.5. The third-order valence-corrected chi connectivity index (χ3v) is 4.29. The standard InChI is InChI=1S/C16H21N3O3/c1-10(20)19-7-6-11-8-12(2-4-14(11)19)18-16(21)15-5-3-13(9-17)22-15/h2,4,8,13,15H,3,5-7,9,17H2,1H3,(H,18,21)/t13-,15+/m1/s1. The van der Waals surface area contributed by atoms with Gasteiger partial charge in [0.25, 0.3) is 5.91 Å². The Kier molecular flexibility index (Phi) is 4.13. The van der Waals surface area contributed by atoms with Gasteiger partial charge in [-0.3, -0.25) is 9.59 Å². The van der Waals surface area contributed by atoms with E-state index in [1.54, 1.807) is 11.8 Å². The van der Waals surface area contributed by atoms with Crippen LogP contribution in [0.2, 0.25) is 0 Å². The summed E-state index contributed by atoms with van der Waals surface area (Å²) in [5, 5.41) is 2.89. The predicted octanol–water partition coefficient (Wildman–Crippen LogP) is 1.04. The van der Waals surface area contributed by atoms with E-state index in [9.17, 15) is 9.59 Å². The Morgan fingerprint density at radius 3 is 2.91 bits per heavy atom. The molecule has 3 rings (SSSR count). The number of fused-ring (bicyclic) bond motifs is 1. The summed E-state index contributed by atoms with van der Waals surface area (Å²) < 4.78 is 5.60. The molecule has 2 atom stereocenters. The van der Waals surface area contributed by atoms with E-state index in [1.165, 1.54) is 0 Å². The number of carbonyl (C=O) groups excluding carboxylic acids is 2. The van der Waals surface area contributed by atoms with E-state index in [0.717, 1.165) is 29.8 Å². The lowest BCUT2D eigenvalue weighted by molar-refractivity contribution is -0.126. The summed E-state index contributed by atoms with van der Waals surface area (Å²) in [6.45, 7) is 2.71. The molecule has 0 aliphatic carbocycles. The first kappa shape index (κ1) is 15.0. The molecule has 0 saturated carbocycles. The van der Waals surface area contributed by atoms with Gasteiger partial charge in [-0.15, -0.1) is 0 Å². The number of nitrogens with one attached hydrogen (secondary N) is 1. The number of ether oxygens (including phenoxy) is 1. The maximum atomic E-state index is 12.2. The van der Waals surface area contributed by atoms with Crippen LogP contribution in [0.1, 0.15) is 25.3 Å². The second kappa shape index (κ2) is 6.06. The van der Waals surface area contributed by atoms with Gasteiger partial charge in [0.05, 0.1) is 6.10 Å². The van der Waals surface area contributed by atoms with E-state index in [-0.39, 0.29) is 17.9 Å². The number of hydrogen-bond acceptors (Lipinski definition) is 4. The number of benzene rings is 1. The fraction of sp³-hybridized carbons (Fsp3) is 0.500. The highest BCUT2D eigenvalue weighted by molar-refractivity contribution is 5.96. The van der Waals surface area contributed by atoms with Crippen LogP contribution < -0.4 is 16.0 Å². The summed E-state index contributed by atoms with van der Waals surface area (Å²) in [6, 6.07) is 5.65. The van der Waals surface area contributed by atoms with Crippen molar-refractivity contribution in [2.75, 3.05) is 23.3 Å². The zero-order valence-electron chi connectivity index (χ0n) is 12.7. The number of amides is 2. The van der Waals surface area contributed by atoms with Crippen molar-refractivity contribution in [3.8, 4) is 0 Å². The smallest absolute Gasteiger partial charge is 0.253 e. The highest BCUT2D eigenvalue weighted by Crippen LogP contribution is 2.31. The van der Waals surface area contributed by atoms with Crippen LogP contribution >= 0.6 is 0 Å². The van der Waals surface area contributed by atoms with Crippen molar-refractivity contribution < 1.29 is 14.3 Å². The summed E-state index contributed by atoms with van der Waals surface area (Å²) in [7, 11) is 0. The van der Waals surface area contributed by atoms with Crippen LogP contribution in [0.25, 0.3) is 0 Å². The van der Waals surface area contributed by atoms with Gasteiger partial charge < -0.3 is 20.7 Å². The predicted molar refractivity (Wildman–Crippen MR) is 83.8 cm³/mol. The molecule has 1 saturated heterocycles. The van der Waals surface area contributed by atoms with Crippen molar-refractivity contribution in [1.29, 1.82) is 0 Å². The van der Waals surface area contributed by atoms with E-state index in [2.05, 4.69) is 5.32 Å². The quantitative estimate of drug-likeness (QED) is 0.874. The molecule has 6 heteroatoms. The Hall–Kier alpha value is -1.92. The summed E-state index contributed by atoms with van der Waals surface area (Å²) in [5.41, 5.74) is 8.32. The molecule has 2 heterocycles. The largest absolute Gasteiger partial charge is 0.364 e. The lowest BCUT2D eigenvalue weighted by atomic mass is 10.1. The van der Waals surface area contributed by atoms with E-state index in [4.69, 9.17) is 10.5 Å². The first-order chi connectivity index (χ1) is 10.6. The SMILES string of the molecule is CC(=O)N1CCc2cc(NC(=O)[C@@H]3CC[C@H](CN)O3)ccc21. The number of carbonyl (C=O) groups is 2. The zero-order valence-corrected chi connectivity index (χ0v) is 12.7. The highest BCUT2D eigenvalue weighted by atomic mass is 16.5. The second-order valence-electron chi connectivity index (χ2n) is 5.81. The summed E-state index contributed by atoms with van der Waals surface area (Å²) in [4.78, 5) is 25.5. The maximum Gasteiger partial charge on any atom is 0.253 e. The van der Waals surface area contributed by atoms with Gasteiger partial charge in [0, 0.05) is 31.4 Å². The molecule has 0 unspecified atom stereocenters. The maximum absolute atomic E-state index is 12.2. The highest BCUT2D eigenvalue weighted by Gasteiger charge is 2.30. The monoisotopic (exact) mass is 303 g/mol. The van der Waals surface area contributed by atoms with Gasteiger partial charge in [-0.05, 0) is 43.0 Å². The molecule has 2 amide bonds. The number of anilines is 2. The van der Waals surface area contributed by atoms with Crippen molar-refractivity contribution >= 4 is 23.2 Å². The molecule has 0 radical (unpaired) electrons. The molecule has 2 aliphatic rings. The summed E-state index contributed by atoms with van der Waals surface area (Å²) >= 11 is 0. The molecule has 1 fully saturated rings. The van der Waals surface area contributed by atoms with Gasteiger partial charge in [0.1, 0.15) is 6.10 Å². The fourth-order valence-electron chi connectivity index (χ4n) is 3.10. The second-order valence-corrected chi connectivity index (χ2v) is 5.81. The molecule has 118 valence electrons. The first-order valence-corrected chi connectivity index (χ1v) is 7.66. The van der Waals surface area contributed by atoms with Gasteiger partial charge >= 0.3 is 0 Å². The molecule has 22 heavy (non-hydrogen) atoms. The lowest BCUT2D eigenvalue weighted by Crippen LogP contribution is -2.29. The molecule has 0 bridgehead atoms. The average Bonchev–Trinajstić information content (AvgIpc) is 3.13. The van der Waals surface area contributed by atoms with Gasteiger partial charge in [-0.25, -0.2) is 0 Å². The minimum atomic E-state index is -0.421. The zero-order chi connectivity index (χ0) is 15.7. The molecule has 0 spiro atoms. The molecular weight excluding hydrogens is 282 g/mol. The number of rotatable bonds is 3. The van der Waals surface area contributed by atoms with E-state index in [0.29, 0.717) is 19.5 Å². The Morgan fingerprint density at radius 1 is 1.41 bits per heavy atom. The Balaban J connectivity index is 1.67. The van der Waals surface area contributed by atoms with Crippen LogP contribution in [0.4, 0.5) is 11.4 Å². The van der Waals surface area contributed by atoms with Gasteiger partial charge in [-0.2, -0.15) is 0 Å². The van der Waals surface area contributed by atoms with Gasteiger partial charge in [0.15, 0.2) is 0 Å². The van der Waals surface area contributed by atoms with Crippen LogP contribution in [0.5, 0.6) is 0 Å². The Bertz CT molecular complexity index is 602. The van der Waals surface area contributed by atoms with Crippen LogP contribution in [-0.2, 0) is 20.7 Å². The van der Waals surface area contributed by atoms with Crippen LogP contribution in [0.3, 0.4) is 0 Å². The topological polar surface area (TPSA) is 84.7 Å². The minimum Gasteiger partial charge on any atom is -0.364 e. The Labute approximate surface area is 129 Å². The summed E-state index contributed by atoms with van der Waals surface area (Å²) in [6.07, 6.45) is 1.91. The molecular formula is C16H21N3O3. The Morgan fingerprint density at radius 2 is 2.23 bits per heavy atom. The van der Waals surface area contributed by atoms with Crippen molar-refractivity contribution in [3.63, 3.8) is 0 Å². The molecule has 6 nitrogen and oxygen atoms in total. The van der Waals surface area contributed by atoms with Crippen molar-refractivity contribution in [2.45, 2.75) is 38.4 Å². The minimum absolute atomic E-state index is 0.0140. The molecule has 1 aromatic rings. The number of nitrogens with two attached hydrogens (primary N) is 1. The number of nitrogens with zero attached hydrogens (tertiary/aromatic N) is 1. The van der Waals surface area contributed by atoms with Crippen molar-refractivity contribution in [3.05, 3.63) is 23.8 Å². The van der Waals surface area contributed by atoms with Crippen LogP contribution in [0.15, 0.2) is 18.2 Å². The number of hydrogen-bond donors (Lipinski definition) is 2. The van der Waals surface area contributed by atoms with Crippen LogP contribution in [0, 0.1) is 0 Å². The average molecular weight is 303 g/mol.